The molecule has 1 fully saturated rings. The van der Waals surface area contributed by atoms with Gasteiger partial charge in [-0.25, -0.2) is 4.98 Å². The summed E-state index contributed by atoms with van der Waals surface area (Å²) in [5.41, 5.74) is 2.15. The van der Waals surface area contributed by atoms with E-state index in [1.807, 2.05) is 50.2 Å². The summed E-state index contributed by atoms with van der Waals surface area (Å²) in [7, 11) is 0. The molecule has 2 aromatic heterocycles. The van der Waals surface area contributed by atoms with Crippen molar-refractivity contribution in [3.05, 3.63) is 53.9 Å². The first kappa shape index (κ1) is 18.9. The summed E-state index contributed by atoms with van der Waals surface area (Å²) in [4.78, 5) is 25.9. The van der Waals surface area contributed by atoms with Gasteiger partial charge in [-0.2, -0.15) is 4.98 Å². The summed E-state index contributed by atoms with van der Waals surface area (Å²) in [6.45, 7) is 7.31. The highest BCUT2D eigenvalue weighted by Gasteiger charge is 2.26. The van der Waals surface area contributed by atoms with Crippen molar-refractivity contribution in [2.45, 2.75) is 13.8 Å². The van der Waals surface area contributed by atoms with Gasteiger partial charge in [-0.15, -0.1) is 0 Å². The van der Waals surface area contributed by atoms with Crippen LogP contribution in [0.15, 0.2) is 47.0 Å². The van der Waals surface area contributed by atoms with Crippen molar-refractivity contribution in [3.8, 4) is 11.3 Å². The van der Waals surface area contributed by atoms with Gasteiger partial charge in [0.15, 0.2) is 11.5 Å². The Balaban J connectivity index is 1.41. The number of hydrogen-bond donors (Lipinski definition) is 1. The fourth-order valence-corrected chi connectivity index (χ4v) is 3.35. The summed E-state index contributed by atoms with van der Waals surface area (Å²) in [5.74, 6) is 2.00. The number of amides is 1. The summed E-state index contributed by atoms with van der Waals surface area (Å²) >= 11 is 0. The molecule has 0 aliphatic carbocycles. The van der Waals surface area contributed by atoms with Crippen molar-refractivity contribution in [2.75, 3.05) is 42.9 Å². The number of benzene rings is 1. The molecule has 150 valence electrons. The summed E-state index contributed by atoms with van der Waals surface area (Å²) in [6, 6.07) is 13.3. The predicted octanol–water partition coefficient (Wildman–Crippen LogP) is 2.83. The highest BCUT2D eigenvalue weighted by Crippen LogP contribution is 2.21. The van der Waals surface area contributed by atoms with Gasteiger partial charge in [-0.05, 0) is 13.8 Å². The van der Waals surface area contributed by atoms with E-state index in [-0.39, 0.29) is 5.91 Å². The SMILES string of the molecule is CCNc1cc(C)nc(N2CCN(C(=O)c3cc(-c4ccccc4)on3)CC2)n1. The zero-order valence-corrected chi connectivity index (χ0v) is 16.6. The Hall–Kier alpha value is -3.42. The van der Waals surface area contributed by atoms with Gasteiger partial charge in [0.2, 0.25) is 5.95 Å². The number of anilines is 2. The summed E-state index contributed by atoms with van der Waals surface area (Å²) < 4.78 is 5.37. The first-order chi connectivity index (χ1) is 14.1. The van der Waals surface area contributed by atoms with Gasteiger partial charge in [0, 0.05) is 56.1 Å². The Kier molecular flexibility index (Phi) is 5.41. The zero-order valence-electron chi connectivity index (χ0n) is 16.6. The minimum absolute atomic E-state index is 0.117. The van der Waals surface area contributed by atoms with Crippen LogP contribution in [0.2, 0.25) is 0 Å². The molecular formula is C21H24N6O2. The molecule has 0 spiro atoms. The topological polar surface area (TPSA) is 87.4 Å². The molecule has 8 nitrogen and oxygen atoms in total. The van der Waals surface area contributed by atoms with E-state index in [1.165, 1.54) is 0 Å². The van der Waals surface area contributed by atoms with Crippen LogP contribution in [0.1, 0.15) is 23.1 Å². The van der Waals surface area contributed by atoms with E-state index < -0.39 is 0 Å². The molecule has 0 bridgehead atoms. The zero-order chi connectivity index (χ0) is 20.2. The number of carbonyl (C=O) groups is 1. The Morgan fingerprint density at radius 2 is 1.86 bits per heavy atom. The van der Waals surface area contributed by atoms with Crippen LogP contribution in [0.5, 0.6) is 0 Å². The van der Waals surface area contributed by atoms with Crippen LogP contribution in [0.4, 0.5) is 11.8 Å². The van der Waals surface area contributed by atoms with Crippen molar-refractivity contribution < 1.29 is 9.32 Å². The second-order valence-corrected chi connectivity index (χ2v) is 6.95. The highest BCUT2D eigenvalue weighted by molar-refractivity contribution is 5.93. The molecule has 1 N–H and O–H groups in total. The van der Waals surface area contributed by atoms with Gasteiger partial charge in [-0.1, -0.05) is 35.5 Å². The van der Waals surface area contributed by atoms with Crippen LogP contribution in [-0.2, 0) is 0 Å². The molecule has 0 unspecified atom stereocenters. The van der Waals surface area contributed by atoms with Gasteiger partial charge in [-0.3, -0.25) is 4.79 Å². The monoisotopic (exact) mass is 392 g/mol. The number of nitrogens with zero attached hydrogens (tertiary/aromatic N) is 5. The Morgan fingerprint density at radius 3 is 2.59 bits per heavy atom. The lowest BCUT2D eigenvalue weighted by molar-refractivity contribution is 0.0736. The van der Waals surface area contributed by atoms with E-state index >= 15 is 0 Å². The van der Waals surface area contributed by atoms with E-state index in [4.69, 9.17) is 4.52 Å². The van der Waals surface area contributed by atoms with Crippen molar-refractivity contribution in [2.24, 2.45) is 0 Å². The maximum atomic E-state index is 12.8. The molecule has 0 saturated carbocycles. The number of rotatable bonds is 5. The Bertz CT molecular complexity index is 980. The molecule has 1 saturated heterocycles. The van der Waals surface area contributed by atoms with Gasteiger partial charge in [0.25, 0.3) is 5.91 Å². The lowest BCUT2D eigenvalue weighted by Gasteiger charge is -2.34. The van der Waals surface area contributed by atoms with E-state index in [9.17, 15) is 4.79 Å². The second-order valence-electron chi connectivity index (χ2n) is 6.95. The minimum atomic E-state index is -0.117. The molecule has 4 rings (SSSR count). The van der Waals surface area contributed by atoms with E-state index in [1.54, 1.807) is 11.0 Å². The van der Waals surface area contributed by atoms with Crippen LogP contribution in [0, 0.1) is 6.92 Å². The molecule has 3 aromatic rings. The van der Waals surface area contributed by atoms with E-state index in [0.717, 1.165) is 23.6 Å². The third-order valence-corrected chi connectivity index (χ3v) is 4.84. The molecule has 0 atom stereocenters. The predicted molar refractivity (Wildman–Crippen MR) is 111 cm³/mol. The van der Waals surface area contributed by atoms with Crippen molar-refractivity contribution in [3.63, 3.8) is 0 Å². The average Bonchev–Trinajstić information content (AvgIpc) is 3.24. The van der Waals surface area contributed by atoms with Crippen molar-refractivity contribution >= 4 is 17.7 Å². The molecular weight excluding hydrogens is 368 g/mol. The maximum absolute atomic E-state index is 12.8. The van der Waals surface area contributed by atoms with E-state index in [2.05, 4.69) is 25.3 Å². The first-order valence-electron chi connectivity index (χ1n) is 9.80. The molecule has 1 aromatic carbocycles. The fourth-order valence-electron chi connectivity index (χ4n) is 3.35. The molecule has 1 aliphatic rings. The Morgan fingerprint density at radius 1 is 1.10 bits per heavy atom. The molecule has 3 heterocycles. The molecule has 1 aliphatic heterocycles. The smallest absolute Gasteiger partial charge is 0.276 e. The normalized spacial score (nSPS) is 14.1. The number of nitrogens with one attached hydrogen (secondary N) is 1. The fraction of sp³-hybridized carbons (Fsp3) is 0.333. The lowest BCUT2D eigenvalue weighted by Crippen LogP contribution is -2.49. The van der Waals surface area contributed by atoms with Crippen LogP contribution in [-0.4, -0.2) is 58.7 Å². The third kappa shape index (κ3) is 4.21. The average molecular weight is 392 g/mol. The summed E-state index contributed by atoms with van der Waals surface area (Å²) in [6.07, 6.45) is 0. The number of aryl methyl sites for hydroxylation is 1. The van der Waals surface area contributed by atoms with Crippen molar-refractivity contribution in [1.29, 1.82) is 0 Å². The number of piperazine rings is 1. The van der Waals surface area contributed by atoms with Crippen LogP contribution < -0.4 is 10.2 Å². The largest absolute Gasteiger partial charge is 0.370 e. The van der Waals surface area contributed by atoms with E-state index in [0.29, 0.717) is 43.6 Å². The molecule has 29 heavy (non-hydrogen) atoms. The number of hydrogen-bond acceptors (Lipinski definition) is 7. The maximum Gasteiger partial charge on any atom is 0.276 e. The molecule has 8 heteroatoms. The van der Waals surface area contributed by atoms with Gasteiger partial charge in [0.1, 0.15) is 5.82 Å². The van der Waals surface area contributed by atoms with Crippen molar-refractivity contribution in [1.82, 2.24) is 20.0 Å². The standard InChI is InChI=1S/C21H24N6O2/c1-3-22-19-13-15(2)23-21(24-19)27-11-9-26(10-12-27)20(28)17-14-18(29-25-17)16-7-5-4-6-8-16/h4-8,13-14H,3,9-12H2,1-2H3,(H,22,23,24). The number of carbonyl (C=O) groups excluding carboxylic acids is 1. The Labute approximate surface area is 169 Å². The molecule has 1 amide bonds. The lowest BCUT2D eigenvalue weighted by atomic mass is 10.1. The van der Waals surface area contributed by atoms with Crippen LogP contribution in [0.25, 0.3) is 11.3 Å². The summed E-state index contributed by atoms with van der Waals surface area (Å²) in [5, 5.41) is 7.21. The van der Waals surface area contributed by atoms with Crippen LogP contribution in [0.3, 0.4) is 0 Å². The van der Waals surface area contributed by atoms with Gasteiger partial charge >= 0.3 is 0 Å². The van der Waals surface area contributed by atoms with Crippen LogP contribution >= 0.6 is 0 Å². The van der Waals surface area contributed by atoms with Gasteiger partial charge < -0.3 is 19.6 Å². The first-order valence-corrected chi connectivity index (χ1v) is 9.80. The van der Waals surface area contributed by atoms with Gasteiger partial charge in [0.05, 0.1) is 0 Å². The highest BCUT2D eigenvalue weighted by atomic mass is 16.5. The third-order valence-electron chi connectivity index (χ3n) is 4.84. The minimum Gasteiger partial charge on any atom is -0.370 e. The quantitative estimate of drug-likeness (QED) is 0.714. The molecule has 0 radical (unpaired) electrons. The number of aromatic nitrogens is 3. The second kappa shape index (κ2) is 8.30.